The molecule has 6 unspecified atom stereocenters. The normalized spacial score (nSPS) is 20.4. The molecule has 0 aliphatic rings. The molecule has 0 nitrogen and oxygen atoms in total. The van der Waals surface area contributed by atoms with Gasteiger partial charge >= 0.3 is 0 Å². The Balaban J connectivity index is 3.88. The maximum atomic E-state index is 12.6. The van der Waals surface area contributed by atoms with Crippen molar-refractivity contribution in [1.29, 1.82) is 0 Å². The number of rotatable bonds is 8. The summed E-state index contributed by atoms with van der Waals surface area (Å²) in [7, 11) is -1.92. The Kier molecular flexibility index (Phi) is 10.0. The van der Waals surface area contributed by atoms with Crippen LogP contribution in [0, 0.1) is 0 Å². The van der Waals surface area contributed by atoms with Crippen LogP contribution in [0.2, 0.25) is 0 Å². The van der Waals surface area contributed by atoms with Crippen molar-refractivity contribution in [3.63, 3.8) is 0 Å². The van der Waals surface area contributed by atoms with Crippen LogP contribution in [-0.4, -0.2) is 17.0 Å². The monoisotopic (exact) mass is 264 g/mol. The molecule has 0 aromatic heterocycles. The highest BCUT2D eigenvalue weighted by Crippen LogP contribution is 2.38. The molecule has 0 aliphatic carbocycles. The molecule has 0 spiro atoms. The molecule has 0 saturated heterocycles. The number of halogens is 3. The molecule has 0 radical (unpaired) electrons. The van der Waals surface area contributed by atoms with Gasteiger partial charge in [0.15, 0.2) is 0 Å². The molecule has 0 aromatic carbocycles. The van der Waals surface area contributed by atoms with E-state index in [1.807, 2.05) is 6.92 Å². The van der Waals surface area contributed by atoms with Gasteiger partial charge in [-0.2, -0.15) is 0 Å². The average Bonchev–Trinajstić information content (AvgIpc) is 2.23. The maximum absolute atomic E-state index is 12.6. The standard InChI is InChI=1S/C8H18F3P3/c1-3-7(13-10)5-8(14-11)4-6(2)12-9/h6-8,12-14H,3-5H2,1-2H3. The van der Waals surface area contributed by atoms with Gasteiger partial charge in [0, 0.05) is 17.0 Å². The number of hydrogen-bond acceptors (Lipinski definition) is 0. The highest BCUT2D eigenvalue weighted by Gasteiger charge is 2.18. The SMILES string of the molecule is CCC(CC(CC(C)PF)PF)PF. The van der Waals surface area contributed by atoms with Gasteiger partial charge in [0.05, 0.1) is 26.7 Å². The summed E-state index contributed by atoms with van der Waals surface area (Å²) in [5.41, 5.74) is -0.205. The predicted molar refractivity (Wildman–Crippen MR) is 64.8 cm³/mol. The zero-order valence-corrected chi connectivity index (χ0v) is 11.5. The lowest BCUT2D eigenvalue weighted by molar-refractivity contribution is 0.621. The first kappa shape index (κ1) is 15.1. The zero-order chi connectivity index (χ0) is 11.0. The van der Waals surface area contributed by atoms with Gasteiger partial charge in [-0.05, 0) is 19.3 Å². The van der Waals surface area contributed by atoms with E-state index in [0.29, 0.717) is 12.8 Å². The second kappa shape index (κ2) is 9.32. The lowest BCUT2D eigenvalue weighted by atomic mass is 10.1. The first-order chi connectivity index (χ1) is 6.67. The quantitative estimate of drug-likeness (QED) is 0.542. The number of hydrogen-bond donors (Lipinski definition) is 0. The van der Waals surface area contributed by atoms with Gasteiger partial charge in [-0.3, -0.25) is 0 Å². The fourth-order valence-electron chi connectivity index (χ4n) is 1.29. The van der Waals surface area contributed by atoms with Gasteiger partial charge < -0.3 is 0 Å². The van der Waals surface area contributed by atoms with Gasteiger partial charge in [0.2, 0.25) is 0 Å². The van der Waals surface area contributed by atoms with Gasteiger partial charge in [0.1, 0.15) is 0 Å². The van der Waals surface area contributed by atoms with E-state index in [1.165, 1.54) is 0 Å². The molecule has 0 bridgehead atoms. The third-order valence-electron chi connectivity index (χ3n) is 2.19. The molecular weight excluding hydrogens is 246 g/mol. The van der Waals surface area contributed by atoms with Crippen molar-refractivity contribution in [2.75, 3.05) is 0 Å². The Hall–Kier alpha value is 1.08. The van der Waals surface area contributed by atoms with E-state index in [4.69, 9.17) is 0 Å². The van der Waals surface area contributed by atoms with Crippen LogP contribution < -0.4 is 0 Å². The van der Waals surface area contributed by atoms with Crippen molar-refractivity contribution in [2.24, 2.45) is 0 Å². The highest BCUT2D eigenvalue weighted by atomic mass is 31.1. The van der Waals surface area contributed by atoms with Crippen molar-refractivity contribution < 1.29 is 12.6 Å². The van der Waals surface area contributed by atoms with Crippen LogP contribution in [0.5, 0.6) is 0 Å². The third kappa shape index (κ3) is 6.54. The largest absolute Gasteiger partial charge is 0.230 e. The molecule has 0 amide bonds. The van der Waals surface area contributed by atoms with Crippen LogP contribution in [0.25, 0.3) is 0 Å². The lowest BCUT2D eigenvalue weighted by Crippen LogP contribution is -2.12. The summed E-state index contributed by atoms with van der Waals surface area (Å²) >= 11 is 0. The molecule has 86 valence electrons. The average molecular weight is 264 g/mol. The summed E-state index contributed by atoms with van der Waals surface area (Å²) in [5.74, 6) is 0. The predicted octanol–water partition coefficient (Wildman–Crippen LogP) is 4.99. The second-order valence-corrected chi connectivity index (χ2v) is 6.78. The molecule has 0 aromatic rings. The van der Waals surface area contributed by atoms with E-state index >= 15 is 0 Å². The van der Waals surface area contributed by atoms with Crippen molar-refractivity contribution in [2.45, 2.75) is 50.1 Å². The summed E-state index contributed by atoms with van der Waals surface area (Å²) in [6, 6.07) is 0. The summed E-state index contributed by atoms with van der Waals surface area (Å²) in [4.78, 5) is 0. The van der Waals surface area contributed by atoms with Gasteiger partial charge in [0.25, 0.3) is 0 Å². The minimum absolute atomic E-state index is 0.0154. The summed E-state index contributed by atoms with van der Waals surface area (Å²) in [5, 5.41) is 0. The second-order valence-electron chi connectivity index (χ2n) is 3.50. The van der Waals surface area contributed by atoms with E-state index in [2.05, 4.69) is 0 Å². The van der Waals surface area contributed by atoms with Crippen molar-refractivity contribution in [1.82, 2.24) is 0 Å². The van der Waals surface area contributed by atoms with Crippen LogP contribution in [0.1, 0.15) is 33.1 Å². The Morgan fingerprint density at radius 2 is 1.50 bits per heavy atom. The van der Waals surface area contributed by atoms with Crippen LogP contribution in [0.15, 0.2) is 0 Å². The highest BCUT2D eigenvalue weighted by molar-refractivity contribution is 7.34. The van der Waals surface area contributed by atoms with E-state index in [9.17, 15) is 12.6 Å². The minimum Gasteiger partial charge on any atom is -0.230 e. The smallest absolute Gasteiger partial charge is 0.0703 e. The Bertz CT molecular complexity index is 133. The van der Waals surface area contributed by atoms with E-state index in [0.717, 1.165) is 6.42 Å². The first-order valence-corrected chi connectivity index (χ1v) is 7.62. The Labute approximate surface area is 89.9 Å². The summed E-state index contributed by atoms with van der Waals surface area (Å²) in [6.45, 7) is 3.69. The van der Waals surface area contributed by atoms with Gasteiger partial charge in [-0.25, -0.2) is 12.6 Å². The maximum Gasteiger partial charge on any atom is 0.0703 e. The fraction of sp³-hybridized carbons (Fsp3) is 1.00. The summed E-state index contributed by atoms with van der Waals surface area (Å²) < 4.78 is 37.2. The molecular formula is C8H18F3P3. The van der Waals surface area contributed by atoms with Crippen LogP contribution >= 0.6 is 26.7 Å². The van der Waals surface area contributed by atoms with E-state index in [-0.39, 0.29) is 17.0 Å². The van der Waals surface area contributed by atoms with Gasteiger partial charge in [-0.1, -0.05) is 13.8 Å². The summed E-state index contributed by atoms with van der Waals surface area (Å²) in [6.07, 6.45) is 1.89. The van der Waals surface area contributed by atoms with Crippen molar-refractivity contribution in [3.8, 4) is 0 Å². The van der Waals surface area contributed by atoms with E-state index in [1.54, 1.807) is 6.92 Å². The lowest BCUT2D eigenvalue weighted by Gasteiger charge is -2.19. The first-order valence-electron chi connectivity index (χ1n) is 4.76. The Morgan fingerprint density at radius 3 is 1.86 bits per heavy atom. The van der Waals surface area contributed by atoms with Crippen LogP contribution in [0.3, 0.4) is 0 Å². The van der Waals surface area contributed by atoms with E-state index < -0.39 is 26.7 Å². The third-order valence-corrected chi connectivity index (χ3v) is 4.54. The van der Waals surface area contributed by atoms with Crippen molar-refractivity contribution in [3.05, 3.63) is 0 Å². The molecule has 0 fully saturated rings. The van der Waals surface area contributed by atoms with Crippen LogP contribution in [-0.2, 0) is 0 Å². The molecule has 0 N–H and O–H groups in total. The molecule has 0 heterocycles. The minimum atomic E-state index is -0.681. The molecule has 14 heavy (non-hydrogen) atoms. The molecule has 6 heteroatoms. The topological polar surface area (TPSA) is 0 Å². The molecule has 0 rings (SSSR count). The zero-order valence-electron chi connectivity index (χ0n) is 8.49. The van der Waals surface area contributed by atoms with Crippen LogP contribution in [0.4, 0.5) is 12.6 Å². The Morgan fingerprint density at radius 1 is 0.929 bits per heavy atom. The molecule has 6 atom stereocenters. The van der Waals surface area contributed by atoms with Crippen molar-refractivity contribution >= 4 is 26.7 Å². The molecule has 0 saturated carbocycles. The molecule has 0 aliphatic heterocycles. The fourth-order valence-corrected chi connectivity index (χ4v) is 3.48. The van der Waals surface area contributed by atoms with Gasteiger partial charge in [-0.15, -0.1) is 0 Å².